The molecule has 0 aliphatic rings. The number of thiophene rings is 2. The van der Waals surface area contributed by atoms with Gasteiger partial charge in [-0.2, -0.15) is 0 Å². The van der Waals surface area contributed by atoms with Crippen LogP contribution in [0.5, 0.6) is 0 Å². The summed E-state index contributed by atoms with van der Waals surface area (Å²) in [5, 5.41) is 4.42. The maximum absolute atomic E-state index is 5.81. The Bertz CT molecular complexity index is 878. The summed E-state index contributed by atoms with van der Waals surface area (Å²) in [6.45, 7) is 9.42. The molecule has 0 spiro atoms. The molecular formula is C25H34O3S2Si. The Morgan fingerprint density at radius 1 is 0.774 bits per heavy atom. The van der Waals surface area contributed by atoms with E-state index in [0.29, 0.717) is 19.8 Å². The Hall–Kier alpha value is -1.38. The average Bonchev–Trinajstić information content (AvgIpc) is 3.40. The van der Waals surface area contributed by atoms with Crippen LogP contribution in [-0.2, 0) is 26.1 Å². The number of unbranched alkanes of at least 4 members (excludes halogenated alkanes) is 2. The van der Waals surface area contributed by atoms with Crippen LogP contribution in [0.1, 0.15) is 64.5 Å². The lowest BCUT2D eigenvalue weighted by Crippen LogP contribution is -2.45. The standard InChI is InChI=1S/C25H34O3S2Si/c1-5-9-10-12-15-22-17-19-29-24(22)25-23(18-20-30-25)16-13-11-14-21-31(26-6-2,27-7-3)28-8-4/h17-20H,6-8,10-13,15-16H2,1-4H3. The predicted octanol–water partition coefficient (Wildman–Crippen LogP) is 6.74. The largest absolute Gasteiger partial charge is 0.591 e. The maximum atomic E-state index is 5.81. The Labute approximate surface area is 197 Å². The third kappa shape index (κ3) is 8.24. The second kappa shape index (κ2) is 14.6. The molecule has 168 valence electrons. The monoisotopic (exact) mass is 474 g/mol. The van der Waals surface area contributed by atoms with Crippen molar-refractivity contribution in [3.8, 4) is 33.1 Å². The molecule has 0 unspecified atom stereocenters. The number of hydrogen-bond donors (Lipinski definition) is 0. The van der Waals surface area contributed by atoms with Crippen molar-refractivity contribution in [2.75, 3.05) is 19.8 Å². The first kappa shape index (κ1) is 25.9. The molecule has 0 saturated heterocycles. The summed E-state index contributed by atoms with van der Waals surface area (Å²) in [7, 11) is -2.86. The van der Waals surface area contributed by atoms with Gasteiger partial charge in [0.05, 0.1) is 0 Å². The van der Waals surface area contributed by atoms with Gasteiger partial charge in [-0.15, -0.1) is 40.4 Å². The number of rotatable bonds is 13. The van der Waals surface area contributed by atoms with Crippen molar-refractivity contribution in [2.24, 2.45) is 0 Å². The van der Waals surface area contributed by atoms with Gasteiger partial charge in [0.25, 0.3) is 0 Å². The molecular weight excluding hydrogens is 440 g/mol. The van der Waals surface area contributed by atoms with E-state index in [1.54, 1.807) is 0 Å². The molecule has 3 nitrogen and oxygen atoms in total. The molecule has 0 radical (unpaired) electrons. The van der Waals surface area contributed by atoms with Crippen molar-refractivity contribution in [3.63, 3.8) is 0 Å². The topological polar surface area (TPSA) is 27.7 Å². The van der Waals surface area contributed by atoms with Gasteiger partial charge in [0.2, 0.25) is 0 Å². The van der Waals surface area contributed by atoms with Crippen LogP contribution in [0, 0.1) is 23.3 Å². The molecule has 0 aromatic carbocycles. The quantitative estimate of drug-likeness (QED) is 0.183. The minimum Gasteiger partial charge on any atom is -0.364 e. The number of hydrogen-bond acceptors (Lipinski definition) is 5. The lowest BCUT2D eigenvalue weighted by Gasteiger charge is -2.22. The fraction of sp³-hybridized carbons (Fsp3) is 0.520. The normalized spacial score (nSPS) is 11.0. The van der Waals surface area contributed by atoms with Crippen LogP contribution in [-0.4, -0.2) is 28.6 Å². The molecule has 0 amide bonds. The molecule has 0 N–H and O–H groups in total. The molecule has 31 heavy (non-hydrogen) atoms. The highest BCUT2D eigenvalue weighted by atomic mass is 32.1. The fourth-order valence-electron chi connectivity index (χ4n) is 3.30. The zero-order valence-electron chi connectivity index (χ0n) is 19.2. The summed E-state index contributed by atoms with van der Waals surface area (Å²) in [5.41, 5.74) is 6.09. The van der Waals surface area contributed by atoms with E-state index in [4.69, 9.17) is 13.3 Å². The molecule has 0 aliphatic carbocycles. The molecule has 0 fully saturated rings. The number of aryl methyl sites for hydroxylation is 2. The summed E-state index contributed by atoms with van der Waals surface area (Å²) in [6, 6.07) is 4.53. The molecule has 0 aliphatic heterocycles. The zero-order valence-corrected chi connectivity index (χ0v) is 21.8. The van der Waals surface area contributed by atoms with Gasteiger partial charge in [0, 0.05) is 42.4 Å². The molecule has 0 saturated carbocycles. The third-order valence-corrected chi connectivity index (χ3v) is 9.18. The Morgan fingerprint density at radius 3 is 1.71 bits per heavy atom. The van der Waals surface area contributed by atoms with Crippen LogP contribution >= 0.6 is 22.7 Å². The average molecular weight is 475 g/mol. The van der Waals surface area contributed by atoms with Crippen LogP contribution in [0.25, 0.3) is 9.75 Å². The molecule has 2 rings (SSSR count). The fourth-order valence-corrected chi connectivity index (χ4v) is 7.39. The highest BCUT2D eigenvalue weighted by molar-refractivity contribution is 7.20. The Balaban J connectivity index is 1.98. The van der Waals surface area contributed by atoms with Crippen molar-refractivity contribution >= 4 is 31.5 Å². The van der Waals surface area contributed by atoms with Crippen LogP contribution < -0.4 is 0 Å². The summed E-state index contributed by atoms with van der Waals surface area (Å²) in [6.07, 6.45) is 6.03. The van der Waals surface area contributed by atoms with E-state index in [1.165, 1.54) is 20.9 Å². The molecule has 2 aromatic heterocycles. The van der Waals surface area contributed by atoms with E-state index in [2.05, 4.69) is 46.2 Å². The Kier molecular flexibility index (Phi) is 12.2. The van der Waals surface area contributed by atoms with Crippen LogP contribution in [0.3, 0.4) is 0 Å². The van der Waals surface area contributed by atoms with Gasteiger partial charge in [-0.3, -0.25) is 0 Å². The van der Waals surface area contributed by atoms with E-state index in [1.807, 2.05) is 50.4 Å². The minimum absolute atomic E-state index is 0.549. The predicted molar refractivity (Wildman–Crippen MR) is 135 cm³/mol. The van der Waals surface area contributed by atoms with Gasteiger partial charge >= 0.3 is 8.80 Å². The van der Waals surface area contributed by atoms with Crippen molar-refractivity contribution in [2.45, 2.75) is 66.2 Å². The van der Waals surface area contributed by atoms with Gasteiger partial charge in [-0.05, 0) is 92.9 Å². The third-order valence-electron chi connectivity index (χ3n) is 4.62. The summed E-state index contributed by atoms with van der Waals surface area (Å²) in [5.74, 6) is 9.43. The molecule has 6 heteroatoms. The lowest BCUT2D eigenvalue weighted by molar-refractivity contribution is 0.0870. The van der Waals surface area contributed by atoms with Gasteiger partial charge in [-0.1, -0.05) is 0 Å². The van der Waals surface area contributed by atoms with Crippen molar-refractivity contribution in [1.82, 2.24) is 0 Å². The second-order valence-corrected chi connectivity index (χ2v) is 10.9. The molecule has 2 heterocycles. The minimum atomic E-state index is -2.86. The van der Waals surface area contributed by atoms with Crippen LogP contribution in [0.4, 0.5) is 0 Å². The van der Waals surface area contributed by atoms with Crippen molar-refractivity contribution in [3.05, 3.63) is 34.0 Å². The van der Waals surface area contributed by atoms with Gasteiger partial charge < -0.3 is 13.3 Å². The first-order chi connectivity index (χ1) is 15.2. The van der Waals surface area contributed by atoms with E-state index >= 15 is 0 Å². The van der Waals surface area contributed by atoms with E-state index in [9.17, 15) is 0 Å². The van der Waals surface area contributed by atoms with Gasteiger partial charge in [-0.25, -0.2) is 0 Å². The SMILES string of the molecule is CC#CCCCc1ccsc1-c1sccc1CCCC#C[Si](OCC)(OCC)OCC. The van der Waals surface area contributed by atoms with Crippen molar-refractivity contribution in [1.29, 1.82) is 0 Å². The molecule has 2 aromatic rings. The summed E-state index contributed by atoms with van der Waals surface area (Å²) in [4.78, 5) is 2.84. The zero-order chi connectivity index (χ0) is 22.4. The van der Waals surface area contributed by atoms with Crippen LogP contribution in [0.15, 0.2) is 22.9 Å². The summed E-state index contributed by atoms with van der Waals surface area (Å²) >= 11 is 3.70. The van der Waals surface area contributed by atoms with E-state index in [-0.39, 0.29) is 0 Å². The van der Waals surface area contributed by atoms with Crippen molar-refractivity contribution < 1.29 is 13.3 Å². The molecule has 0 atom stereocenters. The van der Waals surface area contributed by atoms with Gasteiger partial charge in [0.15, 0.2) is 0 Å². The first-order valence-corrected chi connectivity index (χ1v) is 14.6. The summed E-state index contributed by atoms with van der Waals surface area (Å²) < 4.78 is 17.4. The molecule has 0 bridgehead atoms. The smallest absolute Gasteiger partial charge is 0.364 e. The van der Waals surface area contributed by atoms with Gasteiger partial charge in [0.1, 0.15) is 0 Å². The maximum Gasteiger partial charge on any atom is 0.591 e. The first-order valence-electron chi connectivity index (χ1n) is 11.1. The van der Waals surface area contributed by atoms with E-state index < -0.39 is 8.80 Å². The lowest BCUT2D eigenvalue weighted by atomic mass is 10.0. The van der Waals surface area contributed by atoms with E-state index in [0.717, 1.165) is 38.5 Å². The highest BCUT2D eigenvalue weighted by Gasteiger charge is 2.39. The second-order valence-electron chi connectivity index (χ2n) is 6.84. The Morgan fingerprint density at radius 2 is 1.26 bits per heavy atom. The highest BCUT2D eigenvalue weighted by Crippen LogP contribution is 2.37. The van der Waals surface area contributed by atoms with Crippen LogP contribution in [0.2, 0.25) is 0 Å².